The molecule has 2 heterocycles. The highest BCUT2D eigenvalue weighted by molar-refractivity contribution is 7.86. The van der Waals surface area contributed by atoms with Crippen molar-refractivity contribution in [3.63, 3.8) is 0 Å². The highest BCUT2D eigenvalue weighted by Crippen LogP contribution is 2.40. The van der Waals surface area contributed by atoms with Crippen molar-refractivity contribution in [1.29, 1.82) is 0 Å². The topological polar surface area (TPSA) is 118 Å². The van der Waals surface area contributed by atoms with E-state index >= 15 is 8.78 Å². The lowest BCUT2D eigenvalue weighted by Crippen LogP contribution is -2.35. The minimum Gasteiger partial charge on any atom is -0.393 e. The van der Waals surface area contributed by atoms with Crippen LogP contribution < -0.4 is 21.5 Å². The van der Waals surface area contributed by atoms with Gasteiger partial charge in [0.15, 0.2) is 11.6 Å². The van der Waals surface area contributed by atoms with Crippen molar-refractivity contribution in [3.05, 3.63) is 71.5 Å². The second-order valence-electron chi connectivity index (χ2n) is 8.25. The summed E-state index contributed by atoms with van der Waals surface area (Å²) in [5, 5.41) is 0.739. The zero-order valence-electron chi connectivity index (χ0n) is 18.6. The van der Waals surface area contributed by atoms with Gasteiger partial charge in [0.05, 0.1) is 13.1 Å². The summed E-state index contributed by atoms with van der Waals surface area (Å²) in [6.07, 6.45) is -0.537. The monoisotopic (exact) mass is 528 g/mol. The molecule has 0 amide bonds. The normalized spacial score (nSPS) is 15.8. The standard InChI is InChI=1S/C22H21F5N6O2S/c23-21(24)10-11-32(13-21)18-17(28)19(31-20(30-18)22(25,26)15-7-2-1-3-8-15)33(29)12-14-6-4-5-9-16(14)36(27,34)35/h1-9H,10-13,28-29H2. The van der Waals surface area contributed by atoms with E-state index in [0.29, 0.717) is 0 Å². The van der Waals surface area contributed by atoms with Crippen LogP contribution in [0.15, 0.2) is 59.5 Å². The van der Waals surface area contributed by atoms with E-state index in [1.54, 1.807) is 0 Å². The summed E-state index contributed by atoms with van der Waals surface area (Å²) >= 11 is 0. The van der Waals surface area contributed by atoms with Crippen LogP contribution in [0, 0.1) is 0 Å². The second-order valence-corrected chi connectivity index (χ2v) is 9.57. The van der Waals surface area contributed by atoms with Gasteiger partial charge >= 0.3 is 16.1 Å². The van der Waals surface area contributed by atoms with Gasteiger partial charge < -0.3 is 10.6 Å². The van der Waals surface area contributed by atoms with E-state index in [-0.39, 0.29) is 23.6 Å². The Balaban J connectivity index is 1.82. The lowest BCUT2D eigenvalue weighted by molar-refractivity contribution is 0.0256. The maximum Gasteiger partial charge on any atom is 0.332 e. The highest BCUT2D eigenvalue weighted by Gasteiger charge is 2.43. The second kappa shape index (κ2) is 9.17. The van der Waals surface area contributed by atoms with E-state index in [0.717, 1.165) is 28.1 Å². The van der Waals surface area contributed by atoms with Gasteiger partial charge in [0.1, 0.15) is 10.6 Å². The number of halogens is 5. The molecular formula is C22H21F5N6O2S. The molecule has 8 nitrogen and oxygen atoms in total. The predicted octanol–water partition coefficient (Wildman–Crippen LogP) is 3.58. The largest absolute Gasteiger partial charge is 0.393 e. The first-order chi connectivity index (χ1) is 16.8. The Morgan fingerprint density at radius 1 is 1.06 bits per heavy atom. The molecule has 0 unspecified atom stereocenters. The van der Waals surface area contributed by atoms with Gasteiger partial charge in [-0.15, -0.1) is 3.89 Å². The number of rotatable bonds is 7. The van der Waals surface area contributed by atoms with Crippen LogP contribution in [0.25, 0.3) is 0 Å². The molecule has 3 aromatic rings. The van der Waals surface area contributed by atoms with Crippen molar-refractivity contribution in [2.45, 2.75) is 29.7 Å². The van der Waals surface area contributed by atoms with Gasteiger partial charge in [-0.1, -0.05) is 48.5 Å². The third kappa shape index (κ3) is 5.04. The van der Waals surface area contributed by atoms with E-state index < -0.39 is 63.7 Å². The van der Waals surface area contributed by atoms with Gasteiger partial charge in [-0.25, -0.2) is 24.6 Å². The summed E-state index contributed by atoms with van der Waals surface area (Å²) in [4.78, 5) is 8.05. The van der Waals surface area contributed by atoms with E-state index in [2.05, 4.69) is 9.97 Å². The van der Waals surface area contributed by atoms with E-state index in [4.69, 9.17) is 11.6 Å². The fourth-order valence-electron chi connectivity index (χ4n) is 3.87. The number of nitrogens with zero attached hydrogens (tertiary/aromatic N) is 4. The molecule has 14 heteroatoms. The molecular weight excluding hydrogens is 507 g/mol. The summed E-state index contributed by atoms with van der Waals surface area (Å²) in [6, 6.07) is 11.6. The molecule has 1 aliphatic heterocycles. The van der Waals surface area contributed by atoms with Crippen molar-refractivity contribution in [2.24, 2.45) is 5.84 Å². The first-order valence-corrected chi connectivity index (χ1v) is 12.0. The van der Waals surface area contributed by atoms with E-state index in [1.165, 1.54) is 36.4 Å². The van der Waals surface area contributed by atoms with Crippen LogP contribution in [0.3, 0.4) is 0 Å². The first kappa shape index (κ1) is 25.6. The number of hydrogen-bond acceptors (Lipinski definition) is 8. The van der Waals surface area contributed by atoms with Gasteiger partial charge in [0.25, 0.3) is 5.92 Å². The Morgan fingerprint density at radius 2 is 1.69 bits per heavy atom. The molecule has 4 N–H and O–H groups in total. The molecule has 1 aliphatic rings. The van der Waals surface area contributed by atoms with Crippen LogP contribution in [-0.2, 0) is 22.7 Å². The summed E-state index contributed by atoms with van der Waals surface area (Å²) in [6.45, 7) is -1.53. The van der Waals surface area contributed by atoms with Crippen LogP contribution >= 0.6 is 0 Å². The summed E-state index contributed by atoms with van der Waals surface area (Å²) in [5.41, 5.74) is 5.17. The number of alkyl halides is 4. The Hall–Kier alpha value is -3.52. The molecule has 192 valence electrons. The van der Waals surface area contributed by atoms with Crippen molar-refractivity contribution in [1.82, 2.24) is 9.97 Å². The molecule has 0 saturated carbocycles. The molecule has 36 heavy (non-hydrogen) atoms. The Kier molecular flexibility index (Phi) is 6.51. The minimum atomic E-state index is -5.13. The molecule has 0 atom stereocenters. The van der Waals surface area contributed by atoms with Gasteiger partial charge in [0, 0.05) is 18.5 Å². The van der Waals surface area contributed by atoms with Gasteiger partial charge in [0.2, 0.25) is 5.82 Å². The quantitative estimate of drug-likeness (QED) is 0.207. The van der Waals surface area contributed by atoms with Crippen molar-refractivity contribution >= 4 is 27.5 Å². The predicted molar refractivity (Wildman–Crippen MR) is 123 cm³/mol. The zero-order valence-corrected chi connectivity index (χ0v) is 19.4. The lowest BCUT2D eigenvalue weighted by atomic mass is 10.1. The number of nitrogen functional groups attached to an aromatic ring is 1. The molecule has 1 aromatic heterocycles. The minimum absolute atomic E-state index is 0.105. The molecule has 0 aliphatic carbocycles. The summed E-state index contributed by atoms with van der Waals surface area (Å²) in [5.74, 6) is -2.69. The Labute approximate surface area is 203 Å². The lowest BCUT2D eigenvalue weighted by Gasteiger charge is -2.27. The molecule has 2 aromatic carbocycles. The third-order valence-corrected chi connectivity index (χ3v) is 6.56. The fourth-order valence-corrected chi connectivity index (χ4v) is 4.56. The number of anilines is 3. The first-order valence-electron chi connectivity index (χ1n) is 10.6. The molecule has 0 radical (unpaired) electrons. The fraction of sp³-hybridized carbons (Fsp3) is 0.273. The molecule has 0 bridgehead atoms. The number of aromatic nitrogens is 2. The van der Waals surface area contributed by atoms with Gasteiger partial charge in [-0.2, -0.15) is 17.2 Å². The van der Waals surface area contributed by atoms with Gasteiger partial charge in [-0.05, 0) is 11.6 Å². The zero-order chi connectivity index (χ0) is 26.3. The maximum absolute atomic E-state index is 15.4. The van der Waals surface area contributed by atoms with E-state index in [1.807, 2.05) is 0 Å². The highest BCUT2D eigenvalue weighted by atomic mass is 32.3. The Bertz CT molecular complexity index is 1370. The summed E-state index contributed by atoms with van der Waals surface area (Å²) in [7, 11) is -5.13. The third-order valence-electron chi connectivity index (χ3n) is 5.64. The number of hydrazine groups is 1. The van der Waals surface area contributed by atoms with Crippen LogP contribution in [0.1, 0.15) is 23.4 Å². The molecule has 0 spiro atoms. The van der Waals surface area contributed by atoms with Crippen LogP contribution in [0.4, 0.5) is 38.8 Å². The number of benzene rings is 2. The van der Waals surface area contributed by atoms with Crippen LogP contribution in [-0.4, -0.2) is 37.4 Å². The molecule has 4 rings (SSSR count). The van der Waals surface area contributed by atoms with Crippen LogP contribution in [0.5, 0.6) is 0 Å². The average Bonchev–Trinajstić information content (AvgIpc) is 3.18. The van der Waals surface area contributed by atoms with Crippen molar-refractivity contribution < 1.29 is 29.9 Å². The molecule has 1 saturated heterocycles. The SMILES string of the molecule is Nc1c(N(N)Cc2ccccc2S(=O)(=O)F)nc(C(F)(F)c2ccccc2)nc1N1CCC(F)(F)C1. The van der Waals surface area contributed by atoms with E-state index in [9.17, 15) is 21.1 Å². The average molecular weight is 529 g/mol. The van der Waals surface area contributed by atoms with Crippen molar-refractivity contribution in [3.8, 4) is 0 Å². The number of hydrogen-bond donors (Lipinski definition) is 2. The molecule has 1 fully saturated rings. The summed E-state index contributed by atoms with van der Waals surface area (Å²) < 4.78 is 95.4. The maximum atomic E-state index is 15.4. The van der Waals surface area contributed by atoms with Crippen LogP contribution in [0.2, 0.25) is 0 Å². The van der Waals surface area contributed by atoms with Crippen molar-refractivity contribution in [2.75, 3.05) is 28.7 Å². The number of nitrogens with two attached hydrogens (primary N) is 2. The Morgan fingerprint density at radius 3 is 2.31 bits per heavy atom. The van der Waals surface area contributed by atoms with Gasteiger partial charge in [-0.3, -0.25) is 5.01 Å². The smallest absolute Gasteiger partial charge is 0.332 e.